The predicted molar refractivity (Wildman–Crippen MR) is 170 cm³/mol. The monoisotopic (exact) mass is 666 g/mol. The average Bonchev–Trinajstić information content (AvgIpc) is 3.45. The maximum atomic E-state index is 14.3. The first-order chi connectivity index (χ1) is 23.2. The maximum Gasteiger partial charge on any atom is 0.339 e. The third kappa shape index (κ3) is 4.60. The van der Waals surface area contributed by atoms with Crippen molar-refractivity contribution in [2.24, 2.45) is 29.6 Å². The second kappa shape index (κ2) is 11.0. The minimum absolute atomic E-state index is 0.00591. The fourth-order valence-electron chi connectivity index (χ4n) is 8.32. The Kier molecular flexibility index (Phi) is 7.12. The number of carbonyl (C=O) groups excluding carboxylic acids is 4. The summed E-state index contributed by atoms with van der Waals surface area (Å²) < 4.78 is 0. The van der Waals surface area contributed by atoms with Gasteiger partial charge < -0.3 is 25.5 Å². The smallest absolute Gasteiger partial charge is 0.339 e. The highest BCUT2D eigenvalue weighted by molar-refractivity contribution is 6.24. The highest BCUT2D eigenvalue weighted by Crippen LogP contribution is 2.59. The van der Waals surface area contributed by atoms with Crippen molar-refractivity contribution in [3.05, 3.63) is 88.0 Å². The zero-order valence-corrected chi connectivity index (χ0v) is 26.2. The van der Waals surface area contributed by atoms with Gasteiger partial charge in [-0.1, -0.05) is 23.8 Å². The van der Waals surface area contributed by atoms with Crippen molar-refractivity contribution in [1.82, 2.24) is 0 Å². The summed E-state index contributed by atoms with van der Waals surface area (Å²) in [6.45, 7) is 3.41. The SMILES string of the molecule is Cc1cc(C2C3=CCC4C(=O)N(c5ccc(C(=O)O)c(O)c5)C(=O)C4C3CC3C(=O)N(c4ccc(C(=O)O)c(O)c4)C(=O)C32)cc(C)c1O. The summed E-state index contributed by atoms with van der Waals surface area (Å²) in [5.41, 5.74) is 1.59. The van der Waals surface area contributed by atoms with Gasteiger partial charge in [0, 0.05) is 18.1 Å². The Morgan fingerprint density at radius 2 is 1.14 bits per heavy atom. The molecule has 2 heterocycles. The van der Waals surface area contributed by atoms with Gasteiger partial charge in [-0.25, -0.2) is 19.4 Å². The number of carbonyl (C=O) groups is 6. The summed E-state index contributed by atoms with van der Waals surface area (Å²) in [7, 11) is 0. The van der Waals surface area contributed by atoms with E-state index in [0.29, 0.717) is 22.3 Å². The number of rotatable bonds is 5. The largest absolute Gasteiger partial charge is 0.507 e. The van der Waals surface area contributed by atoms with E-state index in [-0.39, 0.29) is 30.0 Å². The number of fused-ring (bicyclic) bond motifs is 4. The lowest BCUT2D eigenvalue weighted by molar-refractivity contribution is -0.126. The third-order valence-electron chi connectivity index (χ3n) is 10.5. The molecule has 6 atom stereocenters. The topological polar surface area (TPSA) is 210 Å². The van der Waals surface area contributed by atoms with Gasteiger partial charge in [0.05, 0.1) is 35.0 Å². The highest BCUT2D eigenvalue weighted by Gasteiger charge is 2.62. The number of phenols is 3. The average molecular weight is 667 g/mol. The predicted octanol–water partition coefficient (Wildman–Crippen LogP) is 3.86. The minimum atomic E-state index is -1.39. The normalized spacial score (nSPS) is 26.0. The number of carboxylic acids is 2. The summed E-state index contributed by atoms with van der Waals surface area (Å²) >= 11 is 0. The molecule has 4 aliphatic rings. The summed E-state index contributed by atoms with van der Waals surface area (Å²) in [5, 5.41) is 50.0. The summed E-state index contributed by atoms with van der Waals surface area (Å²) in [4.78, 5) is 81.3. The maximum absolute atomic E-state index is 14.3. The van der Waals surface area contributed by atoms with Crippen LogP contribution in [-0.4, -0.2) is 61.1 Å². The molecule has 250 valence electrons. The Morgan fingerprint density at radius 3 is 1.63 bits per heavy atom. The molecule has 13 heteroatoms. The van der Waals surface area contributed by atoms with Gasteiger partial charge in [-0.05, 0) is 73.6 Å². The van der Waals surface area contributed by atoms with Crippen molar-refractivity contribution in [2.75, 3.05) is 9.80 Å². The molecule has 1 saturated carbocycles. The molecule has 49 heavy (non-hydrogen) atoms. The Hall–Kier alpha value is -5.98. The summed E-state index contributed by atoms with van der Waals surface area (Å²) in [6, 6.07) is 10.3. The molecule has 4 amide bonds. The molecule has 3 fully saturated rings. The van der Waals surface area contributed by atoms with Crippen LogP contribution >= 0.6 is 0 Å². The lowest BCUT2D eigenvalue weighted by Gasteiger charge is -2.44. The van der Waals surface area contributed by atoms with Crippen molar-refractivity contribution in [2.45, 2.75) is 32.6 Å². The third-order valence-corrected chi connectivity index (χ3v) is 10.5. The first kappa shape index (κ1) is 31.6. The van der Waals surface area contributed by atoms with E-state index in [1.165, 1.54) is 12.1 Å². The first-order valence-corrected chi connectivity index (χ1v) is 15.6. The number of nitrogens with zero attached hydrogens (tertiary/aromatic N) is 2. The number of anilines is 2. The first-order valence-electron chi connectivity index (χ1n) is 15.6. The fraction of sp³-hybridized carbons (Fsp3) is 0.278. The number of aromatic carboxylic acids is 2. The zero-order chi connectivity index (χ0) is 35.2. The number of benzene rings is 3. The van der Waals surface area contributed by atoms with Crippen molar-refractivity contribution in [3.8, 4) is 17.2 Å². The van der Waals surface area contributed by atoms with Gasteiger partial charge in [-0.15, -0.1) is 0 Å². The quantitative estimate of drug-likeness (QED) is 0.195. The second-order valence-electron chi connectivity index (χ2n) is 13.1. The molecule has 0 bridgehead atoms. The lowest BCUT2D eigenvalue weighted by Crippen LogP contribution is -2.43. The van der Waals surface area contributed by atoms with Crippen LogP contribution in [0.2, 0.25) is 0 Å². The minimum Gasteiger partial charge on any atom is -0.507 e. The Bertz CT molecular complexity index is 2060. The van der Waals surface area contributed by atoms with Crippen molar-refractivity contribution in [3.63, 3.8) is 0 Å². The van der Waals surface area contributed by atoms with Crippen LogP contribution in [0.3, 0.4) is 0 Å². The number of imide groups is 2. The van der Waals surface area contributed by atoms with E-state index in [9.17, 15) is 54.3 Å². The van der Waals surface area contributed by atoms with E-state index < -0.39 is 93.7 Å². The number of aromatic hydroxyl groups is 3. The van der Waals surface area contributed by atoms with Gasteiger partial charge in [-0.2, -0.15) is 0 Å². The highest BCUT2D eigenvalue weighted by atomic mass is 16.4. The number of phenolic OH excluding ortho intramolecular Hbond substituents is 1. The molecule has 2 saturated heterocycles. The van der Waals surface area contributed by atoms with E-state index in [1.54, 1.807) is 26.0 Å². The molecule has 5 N–H and O–H groups in total. The van der Waals surface area contributed by atoms with E-state index in [1.807, 2.05) is 6.08 Å². The number of hydrogen-bond donors (Lipinski definition) is 5. The Balaban J connectivity index is 1.33. The molecule has 6 unspecified atom stereocenters. The van der Waals surface area contributed by atoms with Crippen LogP contribution in [0.15, 0.2) is 60.2 Å². The van der Waals surface area contributed by atoms with Crippen LogP contribution in [0, 0.1) is 43.4 Å². The molecule has 13 nitrogen and oxygen atoms in total. The standard InChI is InChI=1S/C36H30N2O11/c1-14-9-16(10-15(2)30(14)41)27-19-7-8-22-28(33(44)37(31(22)42)17-3-5-20(35(46)47)25(39)11-17)23(19)13-24-29(27)34(45)38(32(24)43)18-4-6-21(36(48)49)26(40)12-18/h3-7,9-12,22-24,27-29,39-41H,8,13H2,1-2H3,(H,46,47)(H,48,49). The zero-order valence-electron chi connectivity index (χ0n) is 26.2. The van der Waals surface area contributed by atoms with Crippen LogP contribution in [0.4, 0.5) is 11.4 Å². The van der Waals surface area contributed by atoms with E-state index in [2.05, 4.69) is 0 Å². The van der Waals surface area contributed by atoms with Gasteiger partial charge in [0.1, 0.15) is 28.4 Å². The molecule has 0 radical (unpaired) electrons. The van der Waals surface area contributed by atoms with Crippen LogP contribution in [0.1, 0.15) is 56.2 Å². The summed E-state index contributed by atoms with van der Waals surface area (Å²) in [6.07, 6.45) is 2.04. The molecule has 7 rings (SSSR count). The fourth-order valence-corrected chi connectivity index (χ4v) is 8.32. The Labute approximate surface area is 278 Å². The molecular formula is C36H30N2O11. The number of carboxylic acid groups (broad SMARTS) is 2. The van der Waals surface area contributed by atoms with Gasteiger partial charge in [0.2, 0.25) is 23.6 Å². The van der Waals surface area contributed by atoms with Gasteiger partial charge >= 0.3 is 11.9 Å². The molecule has 3 aromatic carbocycles. The lowest BCUT2D eigenvalue weighted by atomic mass is 9.57. The van der Waals surface area contributed by atoms with Gasteiger partial charge in [-0.3, -0.25) is 19.2 Å². The number of allylic oxidation sites excluding steroid dienone is 2. The van der Waals surface area contributed by atoms with E-state index >= 15 is 0 Å². The van der Waals surface area contributed by atoms with Gasteiger partial charge in [0.25, 0.3) is 0 Å². The number of amides is 4. The molecule has 2 aliphatic carbocycles. The molecule has 0 aromatic heterocycles. The van der Waals surface area contributed by atoms with E-state index in [0.717, 1.165) is 34.1 Å². The van der Waals surface area contributed by atoms with Crippen LogP contribution in [0.5, 0.6) is 17.2 Å². The second-order valence-corrected chi connectivity index (χ2v) is 13.1. The molecule has 3 aromatic rings. The van der Waals surface area contributed by atoms with Crippen molar-refractivity contribution >= 4 is 46.9 Å². The van der Waals surface area contributed by atoms with E-state index in [4.69, 9.17) is 0 Å². The van der Waals surface area contributed by atoms with Gasteiger partial charge in [0.15, 0.2) is 0 Å². The van der Waals surface area contributed by atoms with Crippen LogP contribution < -0.4 is 9.80 Å². The van der Waals surface area contributed by atoms with Crippen LogP contribution in [0.25, 0.3) is 0 Å². The Morgan fingerprint density at radius 1 is 0.653 bits per heavy atom. The number of hydrogen-bond acceptors (Lipinski definition) is 9. The van der Waals surface area contributed by atoms with Crippen LogP contribution in [-0.2, 0) is 19.2 Å². The number of aryl methyl sites for hydroxylation is 2. The molecule has 2 aliphatic heterocycles. The summed E-state index contributed by atoms with van der Waals surface area (Å²) in [5.74, 6) is -11.3. The molecular weight excluding hydrogens is 636 g/mol. The van der Waals surface area contributed by atoms with Crippen molar-refractivity contribution in [1.29, 1.82) is 0 Å². The van der Waals surface area contributed by atoms with Crippen molar-refractivity contribution < 1.29 is 54.3 Å². The molecule has 0 spiro atoms.